The molecular formula is C11H14NO2-. The standard InChI is InChI=1S/C11H14NO2/c13-10-6-2-5-9-12(14)11-7-3-1-4-8-11/h1,3-4,7-8,10H,2,5-6,9H2/q-1. The number of benzene rings is 1. The van der Waals surface area contributed by atoms with Crippen molar-refractivity contribution in [2.45, 2.75) is 19.3 Å². The molecule has 0 spiro atoms. The molecule has 0 amide bonds. The maximum Gasteiger partial charge on any atom is 0.119 e. The molecule has 0 unspecified atom stereocenters. The zero-order valence-electron chi connectivity index (χ0n) is 8.06. The van der Waals surface area contributed by atoms with E-state index < -0.39 is 0 Å². The van der Waals surface area contributed by atoms with E-state index >= 15 is 0 Å². The van der Waals surface area contributed by atoms with E-state index in [1.54, 1.807) is 12.1 Å². The van der Waals surface area contributed by atoms with Crippen molar-refractivity contribution in [1.29, 1.82) is 0 Å². The molecule has 3 nitrogen and oxygen atoms in total. The van der Waals surface area contributed by atoms with Gasteiger partial charge in [-0.1, -0.05) is 18.2 Å². The fourth-order valence-electron chi connectivity index (χ4n) is 1.21. The summed E-state index contributed by atoms with van der Waals surface area (Å²) in [6.45, 7) is 0.456. The normalized spacial score (nSPS) is 9.79. The molecule has 0 aliphatic rings. The lowest BCUT2D eigenvalue weighted by Crippen LogP contribution is -2.15. The summed E-state index contributed by atoms with van der Waals surface area (Å²) in [4.78, 5) is 10.0. The number of rotatable bonds is 6. The minimum Gasteiger partial charge on any atom is -0.758 e. The highest BCUT2D eigenvalue weighted by Gasteiger charge is 1.93. The van der Waals surface area contributed by atoms with E-state index in [0.29, 0.717) is 18.7 Å². The van der Waals surface area contributed by atoms with Crippen LogP contribution in [0.4, 0.5) is 5.69 Å². The number of unbranched alkanes of at least 4 members (excludes halogenated alkanes) is 2. The van der Waals surface area contributed by atoms with Gasteiger partial charge in [-0.3, -0.25) is 0 Å². The van der Waals surface area contributed by atoms with Gasteiger partial charge in [-0.05, 0) is 25.0 Å². The minimum atomic E-state index is 0.456. The Morgan fingerprint density at radius 2 is 1.93 bits per heavy atom. The van der Waals surface area contributed by atoms with Crippen LogP contribution in [0.25, 0.3) is 0 Å². The molecule has 0 aliphatic carbocycles. The average molecular weight is 192 g/mol. The second-order valence-corrected chi connectivity index (χ2v) is 3.10. The van der Waals surface area contributed by atoms with Gasteiger partial charge in [0.2, 0.25) is 0 Å². The first-order valence-electron chi connectivity index (χ1n) is 4.78. The summed E-state index contributed by atoms with van der Waals surface area (Å²) in [6, 6.07) is 9.13. The molecule has 1 aromatic carbocycles. The first-order chi connectivity index (χ1) is 6.84. The highest BCUT2D eigenvalue weighted by Crippen LogP contribution is 2.12. The maximum absolute atomic E-state index is 11.4. The van der Waals surface area contributed by atoms with E-state index in [4.69, 9.17) is 0 Å². The third-order valence-corrected chi connectivity index (χ3v) is 1.98. The molecule has 0 fully saturated rings. The number of hydrogen-bond donors (Lipinski definition) is 0. The van der Waals surface area contributed by atoms with Crippen LogP contribution in [0.1, 0.15) is 19.3 Å². The fraction of sp³-hybridized carbons (Fsp3) is 0.364. The van der Waals surface area contributed by atoms with Crippen molar-refractivity contribution < 1.29 is 4.79 Å². The van der Waals surface area contributed by atoms with Gasteiger partial charge >= 0.3 is 0 Å². The van der Waals surface area contributed by atoms with Gasteiger partial charge in [0, 0.05) is 18.7 Å². The van der Waals surface area contributed by atoms with Gasteiger partial charge in [-0.15, -0.1) is 0 Å². The first kappa shape index (κ1) is 10.7. The van der Waals surface area contributed by atoms with Gasteiger partial charge < -0.3 is 15.1 Å². The van der Waals surface area contributed by atoms with Crippen molar-refractivity contribution in [3.8, 4) is 0 Å². The first-order valence-corrected chi connectivity index (χ1v) is 4.78. The summed E-state index contributed by atoms with van der Waals surface area (Å²) in [5, 5.41) is 12.4. The summed E-state index contributed by atoms with van der Waals surface area (Å²) in [7, 11) is 0. The lowest BCUT2D eigenvalue weighted by Gasteiger charge is -2.30. The van der Waals surface area contributed by atoms with Gasteiger partial charge in [-0.25, -0.2) is 0 Å². The smallest absolute Gasteiger partial charge is 0.119 e. The van der Waals surface area contributed by atoms with Gasteiger partial charge in [0.1, 0.15) is 6.29 Å². The maximum atomic E-state index is 11.4. The molecule has 0 heterocycles. The molecule has 1 aromatic rings. The Kier molecular flexibility index (Phi) is 4.72. The van der Waals surface area contributed by atoms with Crippen LogP contribution in [0.15, 0.2) is 30.3 Å². The number of anilines is 1. The number of aldehydes is 1. The minimum absolute atomic E-state index is 0.456. The van der Waals surface area contributed by atoms with Crippen molar-refractivity contribution in [1.82, 2.24) is 0 Å². The van der Waals surface area contributed by atoms with E-state index in [2.05, 4.69) is 0 Å². The Hall–Kier alpha value is -1.35. The fourth-order valence-corrected chi connectivity index (χ4v) is 1.21. The van der Waals surface area contributed by atoms with Crippen LogP contribution in [-0.4, -0.2) is 12.8 Å². The van der Waals surface area contributed by atoms with Crippen LogP contribution >= 0.6 is 0 Å². The van der Waals surface area contributed by atoms with Crippen LogP contribution in [-0.2, 0) is 4.79 Å². The van der Waals surface area contributed by atoms with Gasteiger partial charge in [0.25, 0.3) is 0 Å². The topological polar surface area (TPSA) is 43.4 Å². The third-order valence-electron chi connectivity index (χ3n) is 1.98. The Morgan fingerprint density at radius 1 is 1.21 bits per heavy atom. The van der Waals surface area contributed by atoms with Crippen molar-refractivity contribution in [2.24, 2.45) is 0 Å². The molecule has 1 rings (SSSR count). The third kappa shape index (κ3) is 3.58. The SMILES string of the molecule is O=CCCCCN([O-])c1ccccc1. The average Bonchev–Trinajstić information content (AvgIpc) is 2.25. The Balaban J connectivity index is 2.28. The summed E-state index contributed by atoms with van der Waals surface area (Å²) in [5.41, 5.74) is 0.679. The number of hydrogen-bond acceptors (Lipinski definition) is 3. The quantitative estimate of drug-likeness (QED) is 0.395. The number of carbonyl (C=O) groups is 1. The molecule has 0 atom stereocenters. The van der Waals surface area contributed by atoms with Crippen LogP contribution < -0.4 is 5.06 Å². The summed E-state index contributed by atoms with van der Waals surface area (Å²) in [5.74, 6) is 0. The van der Waals surface area contributed by atoms with Crippen molar-refractivity contribution >= 4 is 12.0 Å². The summed E-state index contributed by atoms with van der Waals surface area (Å²) < 4.78 is 0. The largest absolute Gasteiger partial charge is 0.758 e. The monoisotopic (exact) mass is 192 g/mol. The molecule has 14 heavy (non-hydrogen) atoms. The van der Waals surface area contributed by atoms with E-state index in [-0.39, 0.29) is 0 Å². The zero-order valence-corrected chi connectivity index (χ0v) is 8.06. The molecule has 0 saturated carbocycles. The highest BCUT2D eigenvalue weighted by molar-refractivity contribution is 5.49. The van der Waals surface area contributed by atoms with E-state index in [0.717, 1.165) is 24.2 Å². The van der Waals surface area contributed by atoms with Gasteiger partial charge in [-0.2, -0.15) is 0 Å². The van der Waals surface area contributed by atoms with Crippen LogP contribution in [0, 0.1) is 5.21 Å². The molecule has 0 N–H and O–H groups in total. The number of nitrogens with zero attached hydrogens (tertiary/aromatic N) is 1. The predicted molar refractivity (Wildman–Crippen MR) is 57.1 cm³/mol. The number of carbonyl (C=O) groups excluding carboxylic acids is 1. The molecular weight excluding hydrogens is 178 g/mol. The number of hydroxylamine groups is 1. The summed E-state index contributed by atoms with van der Waals surface area (Å²) >= 11 is 0. The van der Waals surface area contributed by atoms with Gasteiger partial charge in [0.05, 0.1) is 0 Å². The lowest BCUT2D eigenvalue weighted by molar-refractivity contribution is -0.107. The summed E-state index contributed by atoms with van der Waals surface area (Å²) in [6.07, 6.45) is 2.98. The van der Waals surface area contributed by atoms with Crippen LogP contribution in [0.2, 0.25) is 0 Å². The van der Waals surface area contributed by atoms with Crippen molar-refractivity contribution in [2.75, 3.05) is 11.6 Å². The molecule has 76 valence electrons. The second-order valence-electron chi connectivity index (χ2n) is 3.10. The van der Waals surface area contributed by atoms with E-state index in [9.17, 15) is 10.0 Å². The molecule has 0 aromatic heterocycles. The van der Waals surface area contributed by atoms with Crippen molar-refractivity contribution in [3.05, 3.63) is 35.5 Å². The van der Waals surface area contributed by atoms with Crippen molar-refractivity contribution in [3.63, 3.8) is 0 Å². The lowest BCUT2D eigenvalue weighted by atomic mass is 10.2. The highest BCUT2D eigenvalue weighted by atomic mass is 16.5. The Bertz CT molecular complexity index is 261. The number of para-hydroxylation sites is 1. The van der Waals surface area contributed by atoms with E-state index in [1.165, 1.54) is 0 Å². The molecule has 0 saturated heterocycles. The Labute approximate surface area is 83.9 Å². The van der Waals surface area contributed by atoms with E-state index in [1.807, 2.05) is 18.2 Å². The second kappa shape index (κ2) is 6.16. The molecule has 0 bridgehead atoms. The molecule has 0 aliphatic heterocycles. The Morgan fingerprint density at radius 3 is 2.57 bits per heavy atom. The van der Waals surface area contributed by atoms with Crippen LogP contribution in [0.5, 0.6) is 0 Å². The van der Waals surface area contributed by atoms with Crippen LogP contribution in [0.3, 0.4) is 0 Å². The molecule has 0 radical (unpaired) electrons. The van der Waals surface area contributed by atoms with Gasteiger partial charge in [0.15, 0.2) is 0 Å². The molecule has 3 heteroatoms. The zero-order chi connectivity index (χ0) is 10.2. The predicted octanol–water partition coefficient (Wildman–Crippen LogP) is 2.36.